The summed E-state index contributed by atoms with van der Waals surface area (Å²) >= 11 is 5.16. The van der Waals surface area contributed by atoms with Crippen LogP contribution in [0.2, 0.25) is 0 Å². The second-order valence-corrected chi connectivity index (χ2v) is 5.33. The highest BCUT2D eigenvalue weighted by molar-refractivity contribution is 7.80. The number of thiocarbonyl (C=S) groups is 1. The third kappa shape index (κ3) is 6.93. The van der Waals surface area contributed by atoms with Crippen molar-refractivity contribution in [2.45, 2.75) is 6.42 Å². The van der Waals surface area contributed by atoms with Crippen LogP contribution in [0.15, 0.2) is 60.7 Å². The average Bonchev–Trinajstić information content (AvgIpc) is 2.59. The monoisotopic (exact) mass is 329 g/mol. The summed E-state index contributed by atoms with van der Waals surface area (Å²) in [5.41, 5.74) is 0.942. The largest absolute Gasteiger partial charge is 0.486 e. The van der Waals surface area contributed by atoms with Crippen LogP contribution in [0, 0.1) is 0 Å². The van der Waals surface area contributed by atoms with E-state index >= 15 is 0 Å². The first-order valence-electron chi connectivity index (χ1n) is 7.38. The molecule has 1 N–H and O–H groups in total. The van der Waals surface area contributed by atoms with Gasteiger partial charge in [0.15, 0.2) is 0 Å². The fourth-order valence-electron chi connectivity index (χ4n) is 1.89. The van der Waals surface area contributed by atoms with Gasteiger partial charge in [0, 0.05) is 6.54 Å². The predicted molar refractivity (Wildman–Crippen MR) is 93.6 cm³/mol. The molecule has 0 radical (unpaired) electrons. The van der Waals surface area contributed by atoms with Gasteiger partial charge in [0.25, 0.3) is 0 Å². The molecule has 2 aromatic rings. The lowest BCUT2D eigenvalue weighted by Gasteiger charge is -2.10. The molecular formula is C18H19NO3S. The molecule has 0 bridgehead atoms. The van der Waals surface area contributed by atoms with E-state index < -0.39 is 0 Å². The number of rotatable bonds is 8. The molecule has 0 amide bonds. The number of benzene rings is 2. The summed E-state index contributed by atoms with van der Waals surface area (Å²) in [6.07, 6.45) is 0.280. The van der Waals surface area contributed by atoms with Gasteiger partial charge in [-0.15, -0.1) is 0 Å². The molecule has 2 rings (SSSR count). The molecule has 0 atom stereocenters. The van der Waals surface area contributed by atoms with Gasteiger partial charge >= 0.3 is 5.97 Å². The van der Waals surface area contributed by atoms with Crippen molar-refractivity contribution >= 4 is 23.2 Å². The van der Waals surface area contributed by atoms with E-state index in [1.54, 1.807) is 0 Å². The maximum absolute atomic E-state index is 11.7. The Labute approximate surface area is 141 Å². The summed E-state index contributed by atoms with van der Waals surface area (Å²) in [4.78, 5) is 12.2. The van der Waals surface area contributed by atoms with Crippen molar-refractivity contribution in [3.63, 3.8) is 0 Å². The van der Waals surface area contributed by atoms with Crippen molar-refractivity contribution in [3.8, 4) is 5.75 Å². The SMILES string of the molecule is O=C(Cc1ccccc1)OCCNC(=S)COc1ccccc1. The molecule has 0 fully saturated rings. The van der Waals surface area contributed by atoms with E-state index in [4.69, 9.17) is 21.7 Å². The van der Waals surface area contributed by atoms with Gasteiger partial charge in [-0.2, -0.15) is 0 Å². The Bertz CT molecular complexity index is 617. The van der Waals surface area contributed by atoms with E-state index in [-0.39, 0.29) is 19.0 Å². The zero-order chi connectivity index (χ0) is 16.3. The van der Waals surface area contributed by atoms with E-state index in [9.17, 15) is 4.79 Å². The highest BCUT2D eigenvalue weighted by Gasteiger charge is 2.04. The second kappa shape index (κ2) is 9.58. The molecule has 0 spiro atoms. The van der Waals surface area contributed by atoms with Crippen LogP contribution in [0.4, 0.5) is 0 Å². The maximum atomic E-state index is 11.7. The lowest BCUT2D eigenvalue weighted by Crippen LogP contribution is -2.30. The van der Waals surface area contributed by atoms with Crippen LogP contribution in [-0.4, -0.2) is 30.7 Å². The summed E-state index contributed by atoms with van der Waals surface area (Å²) in [6, 6.07) is 19.0. The molecule has 0 aliphatic carbocycles. The Morgan fingerprint density at radius 3 is 2.35 bits per heavy atom. The third-order valence-electron chi connectivity index (χ3n) is 2.99. The fraction of sp³-hybridized carbons (Fsp3) is 0.222. The van der Waals surface area contributed by atoms with Crippen LogP contribution in [-0.2, 0) is 16.0 Å². The zero-order valence-electron chi connectivity index (χ0n) is 12.7. The predicted octanol–water partition coefficient (Wildman–Crippen LogP) is 2.77. The number of hydrogen-bond donors (Lipinski definition) is 1. The van der Waals surface area contributed by atoms with Gasteiger partial charge in [0.1, 0.15) is 24.0 Å². The van der Waals surface area contributed by atoms with Crippen LogP contribution < -0.4 is 10.1 Å². The number of esters is 1. The summed E-state index contributed by atoms with van der Waals surface area (Å²) < 4.78 is 10.7. The Balaban J connectivity index is 1.56. The van der Waals surface area contributed by atoms with Crippen LogP contribution in [0.5, 0.6) is 5.75 Å². The molecule has 0 saturated heterocycles. The van der Waals surface area contributed by atoms with Crippen LogP contribution in [0.1, 0.15) is 5.56 Å². The van der Waals surface area contributed by atoms with Gasteiger partial charge in [-0.05, 0) is 17.7 Å². The van der Waals surface area contributed by atoms with Crippen molar-refractivity contribution < 1.29 is 14.3 Å². The molecule has 4 nitrogen and oxygen atoms in total. The minimum Gasteiger partial charge on any atom is -0.486 e. The van der Waals surface area contributed by atoms with Crippen molar-refractivity contribution in [1.29, 1.82) is 0 Å². The minimum absolute atomic E-state index is 0.246. The lowest BCUT2D eigenvalue weighted by molar-refractivity contribution is -0.142. The first kappa shape index (κ1) is 17.0. The van der Waals surface area contributed by atoms with Gasteiger partial charge in [-0.25, -0.2) is 0 Å². The second-order valence-electron chi connectivity index (χ2n) is 4.83. The summed E-state index contributed by atoms with van der Waals surface area (Å²) in [5.74, 6) is 0.524. The lowest BCUT2D eigenvalue weighted by atomic mass is 10.2. The highest BCUT2D eigenvalue weighted by atomic mass is 32.1. The smallest absolute Gasteiger partial charge is 0.310 e. The molecule has 5 heteroatoms. The van der Waals surface area contributed by atoms with Crippen molar-refractivity contribution in [3.05, 3.63) is 66.2 Å². The number of hydrogen-bond acceptors (Lipinski definition) is 4. The number of nitrogens with one attached hydrogen (secondary N) is 1. The quantitative estimate of drug-likeness (QED) is 0.458. The molecular weight excluding hydrogens is 310 g/mol. The van der Waals surface area contributed by atoms with Gasteiger partial charge in [-0.1, -0.05) is 60.7 Å². The number of ether oxygens (including phenoxy) is 2. The van der Waals surface area contributed by atoms with Gasteiger partial charge in [0.05, 0.1) is 6.42 Å². The van der Waals surface area contributed by atoms with Crippen LogP contribution in [0.25, 0.3) is 0 Å². The molecule has 0 saturated carbocycles. The van der Waals surface area contributed by atoms with Crippen molar-refractivity contribution in [1.82, 2.24) is 5.32 Å². The van der Waals surface area contributed by atoms with Crippen molar-refractivity contribution in [2.24, 2.45) is 0 Å². The highest BCUT2D eigenvalue weighted by Crippen LogP contribution is 2.07. The molecule has 120 valence electrons. The van der Waals surface area contributed by atoms with E-state index in [0.717, 1.165) is 11.3 Å². The number of carbonyl (C=O) groups excluding carboxylic acids is 1. The molecule has 0 aromatic heterocycles. The molecule has 0 aliphatic heterocycles. The first-order chi connectivity index (χ1) is 11.2. The molecule has 0 aliphatic rings. The Morgan fingerprint density at radius 1 is 1.00 bits per heavy atom. The molecule has 2 aromatic carbocycles. The molecule has 0 heterocycles. The van der Waals surface area contributed by atoms with Crippen molar-refractivity contribution in [2.75, 3.05) is 19.8 Å². The number of para-hydroxylation sites is 1. The summed E-state index contributed by atoms with van der Waals surface area (Å²) in [5, 5.41) is 3.00. The van der Waals surface area contributed by atoms with E-state index in [1.807, 2.05) is 60.7 Å². The Kier molecular flexibility index (Phi) is 7.07. The topological polar surface area (TPSA) is 47.6 Å². The normalized spacial score (nSPS) is 9.91. The maximum Gasteiger partial charge on any atom is 0.310 e. The van der Waals surface area contributed by atoms with E-state index in [1.165, 1.54) is 0 Å². The molecule has 23 heavy (non-hydrogen) atoms. The summed E-state index contributed by atoms with van der Waals surface area (Å²) in [7, 11) is 0. The Hall–Kier alpha value is -2.40. The van der Waals surface area contributed by atoms with Gasteiger partial charge in [0.2, 0.25) is 0 Å². The minimum atomic E-state index is -0.246. The van der Waals surface area contributed by atoms with Gasteiger partial charge in [-0.3, -0.25) is 4.79 Å². The third-order valence-corrected chi connectivity index (χ3v) is 3.25. The van der Waals surface area contributed by atoms with E-state index in [2.05, 4.69) is 5.32 Å². The zero-order valence-corrected chi connectivity index (χ0v) is 13.6. The summed E-state index contributed by atoms with van der Waals surface area (Å²) in [6.45, 7) is 1.05. The number of carbonyl (C=O) groups is 1. The molecule has 0 unspecified atom stereocenters. The van der Waals surface area contributed by atoms with Crippen LogP contribution >= 0.6 is 12.2 Å². The standard InChI is InChI=1S/C18H19NO3S/c20-18(13-15-7-3-1-4-8-15)21-12-11-19-17(23)14-22-16-9-5-2-6-10-16/h1-10H,11-14H2,(H,19,23). The first-order valence-corrected chi connectivity index (χ1v) is 7.79. The van der Waals surface area contributed by atoms with Gasteiger partial charge < -0.3 is 14.8 Å². The Morgan fingerprint density at radius 2 is 1.65 bits per heavy atom. The van der Waals surface area contributed by atoms with Crippen LogP contribution in [0.3, 0.4) is 0 Å². The van der Waals surface area contributed by atoms with E-state index in [0.29, 0.717) is 18.1 Å². The fourth-order valence-corrected chi connectivity index (χ4v) is 2.05. The average molecular weight is 329 g/mol.